The lowest BCUT2D eigenvalue weighted by atomic mass is 10.2. The summed E-state index contributed by atoms with van der Waals surface area (Å²) in [6, 6.07) is 8.13. The molecular weight excluding hydrogens is 350 g/mol. The minimum Gasteiger partial charge on any atom is -0.339 e. The number of anilines is 3. The number of hydrogen-bond acceptors (Lipinski definition) is 6. The van der Waals surface area contributed by atoms with Crippen molar-refractivity contribution in [3.8, 4) is 0 Å². The molecule has 0 saturated carbocycles. The molecule has 0 unspecified atom stereocenters. The topological polar surface area (TPSA) is 75.9 Å². The summed E-state index contributed by atoms with van der Waals surface area (Å²) in [4.78, 5) is 10.9. The highest BCUT2D eigenvalue weighted by Gasteiger charge is 2.12. The summed E-state index contributed by atoms with van der Waals surface area (Å²) in [5.74, 6) is 6.59. The van der Waals surface area contributed by atoms with Crippen molar-refractivity contribution in [1.29, 1.82) is 0 Å². The Kier molecular flexibility index (Phi) is 3.79. The highest BCUT2D eigenvalue weighted by atomic mass is 79.9. The van der Waals surface area contributed by atoms with E-state index in [1.165, 1.54) is 4.88 Å². The zero-order chi connectivity index (χ0) is 15.0. The number of nitrogens with two attached hydrogens (primary N) is 1. The highest BCUT2D eigenvalue weighted by Crippen LogP contribution is 2.34. The van der Waals surface area contributed by atoms with Crippen LogP contribution in [0.4, 0.5) is 17.5 Å². The van der Waals surface area contributed by atoms with Crippen LogP contribution in [0.15, 0.2) is 28.7 Å². The molecule has 0 aliphatic rings. The van der Waals surface area contributed by atoms with Gasteiger partial charge in [-0.3, -0.25) is 5.43 Å². The minimum atomic E-state index is 0.399. The molecule has 0 fully saturated rings. The van der Waals surface area contributed by atoms with Crippen molar-refractivity contribution in [1.82, 2.24) is 9.97 Å². The van der Waals surface area contributed by atoms with E-state index in [-0.39, 0.29) is 0 Å². The molecule has 0 bridgehead atoms. The van der Waals surface area contributed by atoms with E-state index in [4.69, 9.17) is 5.84 Å². The van der Waals surface area contributed by atoms with Gasteiger partial charge in [-0.2, -0.15) is 4.98 Å². The maximum Gasteiger partial charge on any atom is 0.240 e. The molecule has 0 radical (unpaired) electrons. The van der Waals surface area contributed by atoms with E-state index in [0.717, 1.165) is 31.8 Å². The Morgan fingerprint density at radius 3 is 2.81 bits per heavy atom. The average molecular weight is 364 g/mol. The number of aromatic nitrogens is 2. The SMILES string of the molecule is Cc1cc2c(Nc3cccc(C)c3Br)nc(NN)nc2s1. The Labute approximate surface area is 134 Å². The van der Waals surface area contributed by atoms with E-state index in [0.29, 0.717) is 5.95 Å². The molecule has 108 valence electrons. The fraction of sp³-hybridized carbons (Fsp3) is 0.143. The molecule has 2 aromatic heterocycles. The third-order valence-electron chi connectivity index (χ3n) is 3.09. The maximum atomic E-state index is 5.46. The van der Waals surface area contributed by atoms with Crippen LogP contribution >= 0.6 is 27.3 Å². The summed E-state index contributed by atoms with van der Waals surface area (Å²) in [6.45, 7) is 4.10. The van der Waals surface area contributed by atoms with Crippen molar-refractivity contribution in [2.75, 3.05) is 10.7 Å². The van der Waals surface area contributed by atoms with E-state index in [1.54, 1.807) is 11.3 Å². The summed E-state index contributed by atoms with van der Waals surface area (Å²) >= 11 is 5.21. The van der Waals surface area contributed by atoms with Gasteiger partial charge < -0.3 is 5.32 Å². The third kappa shape index (κ3) is 2.72. The normalized spacial score (nSPS) is 10.9. The van der Waals surface area contributed by atoms with Crippen molar-refractivity contribution >= 4 is 54.9 Å². The number of halogens is 1. The first-order valence-corrected chi connectivity index (χ1v) is 7.96. The van der Waals surface area contributed by atoms with E-state index in [1.807, 2.05) is 32.0 Å². The van der Waals surface area contributed by atoms with Crippen LogP contribution in [-0.2, 0) is 0 Å². The van der Waals surface area contributed by atoms with Gasteiger partial charge in [-0.05, 0) is 47.5 Å². The number of hydrogen-bond donors (Lipinski definition) is 3. The molecule has 7 heteroatoms. The number of benzene rings is 1. The number of rotatable bonds is 3. The number of nitrogens with one attached hydrogen (secondary N) is 2. The van der Waals surface area contributed by atoms with Gasteiger partial charge in [0.05, 0.1) is 11.1 Å². The van der Waals surface area contributed by atoms with Crippen LogP contribution in [0.2, 0.25) is 0 Å². The first kappa shape index (κ1) is 14.2. The van der Waals surface area contributed by atoms with Crippen molar-refractivity contribution in [3.63, 3.8) is 0 Å². The molecule has 0 saturated heterocycles. The number of thiophene rings is 1. The molecule has 0 atom stereocenters. The molecule has 3 aromatic rings. The summed E-state index contributed by atoms with van der Waals surface area (Å²) in [7, 11) is 0. The van der Waals surface area contributed by atoms with Gasteiger partial charge in [0.1, 0.15) is 10.6 Å². The Morgan fingerprint density at radius 2 is 2.05 bits per heavy atom. The standard InChI is InChI=1S/C14H14BrN5S/c1-7-4-3-5-10(11(7)15)17-12-9-6-8(2)21-13(9)19-14(18-12)20-16/h3-6H,16H2,1-2H3,(H2,17,18,19,20). The minimum absolute atomic E-state index is 0.399. The summed E-state index contributed by atoms with van der Waals surface area (Å²) in [6.07, 6.45) is 0. The van der Waals surface area contributed by atoms with Crippen LogP contribution < -0.4 is 16.6 Å². The second kappa shape index (κ2) is 5.59. The van der Waals surface area contributed by atoms with Gasteiger partial charge in [-0.25, -0.2) is 10.8 Å². The number of hydrazine groups is 1. The van der Waals surface area contributed by atoms with E-state index in [9.17, 15) is 0 Å². The molecule has 21 heavy (non-hydrogen) atoms. The molecule has 0 aliphatic carbocycles. The van der Waals surface area contributed by atoms with E-state index >= 15 is 0 Å². The first-order chi connectivity index (χ1) is 10.1. The predicted molar refractivity (Wildman–Crippen MR) is 92.1 cm³/mol. The van der Waals surface area contributed by atoms with Crippen LogP contribution in [0.1, 0.15) is 10.4 Å². The quantitative estimate of drug-likeness (QED) is 0.482. The first-order valence-electron chi connectivity index (χ1n) is 6.35. The van der Waals surface area contributed by atoms with Crippen LogP contribution in [0.5, 0.6) is 0 Å². The lowest BCUT2D eigenvalue weighted by molar-refractivity contribution is 1.16. The van der Waals surface area contributed by atoms with Crippen molar-refractivity contribution < 1.29 is 0 Å². The van der Waals surface area contributed by atoms with Gasteiger partial charge in [0.15, 0.2) is 0 Å². The molecule has 5 nitrogen and oxygen atoms in total. The number of nitrogen functional groups attached to an aromatic ring is 1. The fourth-order valence-electron chi connectivity index (χ4n) is 2.07. The Balaban J connectivity index is 2.12. The molecule has 3 rings (SSSR count). The number of nitrogens with zero attached hydrogens (tertiary/aromatic N) is 2. The van der Waals surface area contributed by atoms with Gasteiger partial charge in [0.25, 0.3) is 0 Å². The summed E-state index contributed by atoms with van der Waals surface area (Å²) in [5, 5.41) is 4.35. The maximum absolute atomic E-state index is 5.46. The number of fused-ring (bicyclic) bond motifs is 1. The molecular formula is C14H14BrN5S. The Hall–Kier alpha value is -1.70. The molecule has 4 N–H and O–H groups in total. The van der Waals surface area contributed by atoms with Crippen molar-refractivity contribution in [3.05, 3.63) is 39.2 Å². The van der Waals surface area contributed by atoms with Gasteiger partial charge in [0, 0.05) is 9.35 Å². The molecule has 0 aliphatic heterocycles. The zero-order valence-electron chi connectivity index (χ0n) is 11.6. The average Bonchev–Trinajstić information content (AvgIpc) is 2.84. The highest BCUT2D eigenvalue weighted by molar-refractivity contribution is 9.10. The van der Waals surface area contributed by atoms with Gasteiger partial charge in [-0.1, -0.05) is 12.1 Å². The lowest BCUT2D eigenvalue weighted by Gasteiger charge is -2.11. The fourth-order valence-corrected chi connectivity index (χ4v) is 3.32. The van der Waals surface area contributed by atoms with E-state index < -0.39 is 0 Å². The van der Waals surface area contributed by atoms with Gasteiger partial charge in [-0.15, -0.1) is 11.3 Å². The monoisotopic (exact) mass is 363 g/mol. The number of aryl methyl sites for hydroxylation is 2. The van der Waals surface area contributed by atoms with Crippen molar-refractivity contribution in [2.45, 2.75) is 13.8 Å². The molecule has 1 aromatic carbocycles. The van der Waals surface area contributed by atoms with Crippen molar-refractivity contribution in [2.24, 2.45) is 5.84 Å². The summed E-state index contributed by atoms with van der Waals surface area (Å²) < 4.78 is 1.02. The predicted octanol–water partition coefficient (Wildman–Crippen LogP) is 4.10. The Bertz CT molecular complexity index is 814. The molecule has 2 heterocycles. The second-order valence-corrected chi connectivity index (χ2v) is 6.71. The lowest BCUT2D eigenvalue weighted by Crippen LogP contribution is -2.11. The van der Waals surface area contributed by atoms with Crippen LogP contribution in [0, 0.1) is 13.8 Å². The second-order valence-electron chi connectivity index (χ2n) is 4.68. The van der Waals surface area contributed by atoms with Gasteiger partial charge >= 0.3 is 0 Å². The Morgan fingerprint density at radius 1 is 1.24 bits per heavy atom. The van der Waals surface area contributed by atoms with E-state index in [2.05, 4.69) is 42.7 Å². The van der Waals surface area contributed by atoms with Crippen LogP contribution in [-0.4, -0.2) is 9.97 Å². The summed E-state index contributed by atoms with van der Waals surface area (Å²) in [5.41, 5.74) is 4.63. The zero-order valence-corrected chi connectivity index (χ0v) is 14.0. The smallest absolute Gasteiger partial charge is 0.240 e. The van der Waals surface area contributed by atoms with Gasteiger partial charge in [0.2, 0.25) is 5.95 Å². The third-order valence-corrected chi connectivity index (χ3v) is 5.09. The molecule has 0 amide bonds. The van der Waals surface area contributed by atoms with Crippen LogP contribution in [0.25, 0.3) is 10.2 Å². The van der Waals surface area contributed by atoms with Crippen LogP contribution in [0.3, 0.4) is 0 Å². The molecule has 0 spiro atoms. The largest absolute Gasteiger partial charge is 0.339 e.